The molecular weight excluding hydrogens is 488 g/mol. The Bertz CT molecular complexity index is 1190. The SMILES string of the molecule is O=C(C[C@@H](CCc1ccccc1)C(=O)N[C@@H](Cc1ccncc1)C(=O)O)c1cc(CN2CCOCC2)on1. The van der Waals surface area contributed by atoms with Gasteiger partial charge in [-0.3, -0.25) is 19.5 Å². The molecule has 1 saturated heterocycles. The van der Waals surface area contributed by atoms with Crippen LogP contribution in [-0.4, -0.2) is 70.2 Å². The number of nitrogens with one attached hydrogen (secondary N) is 1. The zero-order valence-electron chi connectivity index (χ0n) is 21.1. The summed E-state index contributed by atoms with van der Waals surface area (Å²) in [5, 5.41) is 16.3. The van der Waals surface area contributed by atoms with Crippen LogP contribution < -0.4 is 5.32 Å². The molecule has 1 aliphatic heterocycles. The average molecular weight is 521 g/mol. The Labute approximate surface area is 221 Å². The number of rotatable bonds is 13. The van der Waals surface area contributed by atoms with Crippen molar-refractivity contribution in [3.05, 3.63) is 83.5 Å². The summed E-state index contributed by atoms with van der Waals surface area (Å²) in [5.41, 5.74) is 1.93. The van der Waals surface area contributed by atoms with Gasteiger partial charge in [-0.05, 0) is 36.1 Å². The van der Waals surface area contributed by atoms with Gasteiger partial charge in [0.25, 0.3) is 0 Å². The fourth-order valence-corrected chi connectivity index (χ4v) is 4.38. The number of pyridine rings is 1. The number of carboxylic acid groups (broad SMARTS) is 1. The van der Waals surface area contributed by atoms with E-state index in [4.69, 9.17) is 9.26 Å². The number of hydrogen-bond acceptors (Lipinski definition) is 8. The molecule has 200 valence electrons. The van der Waals surface area contributed by atoms with E-state index in [-0.39, 0.29) is 24.3 Å². The van der Waals surface area contributed by atoms with Crippen LogP contribution in [0.3, 0.4) is 0 Å². The van der Waals surface area contributed by atoms with Crippen molar-refractivity contribution >= 4 is 17.7 Å². The highest BCUT2D eigenvalue weighted by molar-refractivity contribution is 5.97. The minimum Gasteiger partial charge on any atom is -0.480 e. The molecule has 10 heteroatoms. The summed E-state index contributed by atoms with van der Waals surface area (Å²) in [4.78, 5) is 44.4. The van der Waals surface area contributed by atoms with E-state index in [0.29, 0.717) is 38.4 Å². The van der Waals surface area contributed by atoms with E-state index in [0.717, 1.165) is 24.2 Å². The van der Waals surface area contributed by atoms with E-state index in [2.05, 4.69) is 20.4 Å². The predicted molar refractivity (Wildman–Crippen MR) is 137 cm³/mol. The Hall–Kier alpha value is -3.89. The molecule has 2 N–H and O–H groups in total. The molecule has 0 bridgehead atoms. The third-order valence-corrected chi connectivity index (χ3v) is 6.56. The molecule has 0 spiro atoms. The van der Waals surface area contributed by atoms with Crippen molar-refractivity contribution in [3.63, 3.8) is 0 Å². The van der Waals surface area contributed by atoms with Crippen molar-refractivity contribution in [2.75, 3.05) is 26.3 Å². The first-order valence-electron chi connectivity index (χ1n) is 12.7. The number of aliphatic carboxylic acids is 1. The number of hydrogen-bond donors (Lipinski definition) is 2. The second-order valence-corrected chi connectivity index (χ2v) is 9.37. The third kappa shape index (κ3) is 8.06. The molecule has 2 aromatic heterocycles. The fourth-order valence-electron chi connectivity index (χ4n) is 4.38. The lowest BCUT2D eigenvalue weighted by molar-refractivity contribution is -0.142. The standard InChI is InChI=1S/C28H32N4O6/c33-26(24-18-23(38-31-24)19-32-12-14-37-15-13-32)17-22(7-6-20-4-2-1-3-5-20)27(34)30-25(28(35)36)16-21-8-10-29-11-9-21/h1-5,8-11,18,22,25H,6-7,12-17,19H2,(H,30,34)(H,35,36)/t22-,25+/m1/s1. The Morgan fingerprint density at radius 1 is 1.03 bits per heavy atom. The summed E-state index contributed by atoms with van der Waals surface area (Å²) in [6.07, 6.45) is 4.09. The summed E-state index contributed by atoms with van der Waals surface area (Å²) >= 11 is 0. The van der Waals surface area contributed by atoms with Crippen molar-refractivity contribution in [2.45, 2.75) is 38.3 Å². The highest BCUT2D eigenvalue weighted by atomic mass is 16.5. The first-order valence-corrected chi connectivity index (χ1v) is 12.7. The number of nitrogens with zero attached hydrogens (tertiary/aromatic N) is 3. The number of aryl methyl sites for hydroxylation is 1. The summed E-state index contributed by atoms with van der Waals surface area (Å²) in [6.45, 7) is 3.37. The number of carbonyl (C=O) groups excluding carboxylic acids is 2. The van der Waals surface area contributed by atoms with E-state index in [1.165, 1.54) is 0 Å². The van der Waals surface area contributed by atoms with Crippen molar-refractivity contribution in [1.82, 2.24) is 20.4 Å². The van der Waals surface area contributed by atoms with E-state index < -0.39 is 23.8 Å². The average Bonchev–Trinajstić information content (AvgIpc) is 3.40. The summed E-state index contributed by atoms with van der Waals surface area (Å²) in [7, 11) is 0. The lowest BCUT2D eigenvalue weighted by Gasteiger charge is -2.25. The number of ketones is 1. The lowest BCUT2D eigenvalue weighted by Crippen LogP contribution is -2.45. The Balaban J connectivity index is 1.43. The molecule has 1 aliphatic rings. The van der Waals surface area contributed by atoms with Gasteiger partial charge in [-0.25, -0.2) is 4.79 Å². The third-order valence-electron chi connectivity index (χ3n) is 6.56. The molecule has 0 aliphatic carbocycles. The van der Waals surface area contributed by atoms with Crippen LogP contribution >= 0.6 is 0 Å². The smallest absolute Gasteiger partial charge is 0.326 e. The van der Waals surface area contributed by atoms with E-state index in [1.807, 2.05) is 30.3 Å². The second-order valence-electron chi connectivity index (χ2n) is 9.37. The van der Waals surface area contributed by atoms with Gasteiger partial charge in [-0.2, -0.15) is 0 Å². The quantitative estimate of drug-likeness (QED) is 0.326. The van der Waals surface area contributed by atoms with Crippen LogP contribution in [0.1, 0.15) is 40.2 Å². The predicted octanol–water partition coefficient (Wildman–Crippen LogP) is 2.54. The number of carboxylic acids is 1. The van der Waals surface area contributed by atoms with Gasteiger partial charge >= 0.3 is 5.97 Å². The zero-order chi connectivity index (χ0) is 26.7. The van der Waals surface area contributed by atoms with Crippen molar-refractivity contribution in [1.29, 1.82) is 0 Å². The van der Waals surface area contributed by atoms with Crippen molar-refractivity contribution < 1.29 is 28.8 Å². The van der Waals surface area contributed by atoms with Crippen LogP contribution in [0, 0.1) is 5.92 Å². The Morgan fingerprint density at radius 2 is 1.76 bits per heavy atom. The van der Waals surface area contributed by atoms with Crippen LogP contribution in [0.4, 0.5) is 0 Å². The fraction of sp³-hybridized carbons (Fsp3) is 0.393. The number of carbonyl (C=O) groups is 3. The number of Topliss-reactive ketones (excluding diaryl/α,β-unsaturated/α-hetero) is 1. The summed E-state index contributed by atoms with van der Waals surface area (Å²) < 4.78 is 10.7. The van der Waals surface area contributed by atoms with Gasteiger partial charge in [-0.1, -0.05) is 35.5 Å². The van der Waals surface area contributed by atoms with Crippen LogP contribution in [0.5, 0.6) is 0 Å². The van der Waals surface area contributed by atoms with Crippen molar-refractivity contribution in [3.8, 4) is 0 Å². The number of amides is 1. The molecule has 1 fully saturated rings. The molecule has 0 radical (unpaired) electrons. The Kier molecular flexibility index (Phi) is 9.71. The van der Waals surface area contributed by atoms with Crippen LogP contribution in [-0.2, 0) is 33.7 Å². The molecule has 1 amide bonds. The minimum absolute atomic E-state index is 0.107. The zero-order valence-corrected chi connectivity index (χ0v) is 21.1. The van der Waals surface area contributed by atoms with Gasteiger partial charge in [0.1, 0.15) is 11.7 Å². The summed E-state index contributed by atoms with van der Waals surface area (Å²) in [6, 6.07) is 13.5. The van der Waals surface area contributed by atoms with Gasteiger partial charge < -0.3 is 19.7 Å². The van der Waals surface area contributed by atoms with Crippen molar-refractivity contribution in [2.24, 2.45) is 5.92 Å². The number of benzene rings is 1. The van der Waals surface area contributed by atoms with Crippen LogP contribution in [0.15, 0.2) is 65.4 Å². The highest BCUT2D eigenvalue weighted by Crippen LogP contribution is 2.19. The first kappa shape index (κ1) is 27.2. The largest absolute Gasteiger partial charge is 0.480 e. The van der Waals surface area contributed by atoms with Gasteiger partial charge in [0.15, 0.2) is 11.5 Å². The molecule has 3 heterocycles. The topological polar surface area (TPSA) is 135 Å². The maximum atomic E-state index is 13.3. The molecule has 4 rings (SSSR count). The van der Waals surface area contributed by atoms with Crippen LogP contribution in [0.2, 0.25) is 0 Å². The molecule has 10 nitrogen and oxygen atoms in total. The number of aromatic nitrogens is 2. The molecule has 2 atom stereocenters. The molecular formula is C28H32N4O6. The monoisotopic (exact) mass is 520 g/mol. The molecule has 38 heavy (non-hydrogen) atoms. The molecule has 3 aromatic rings. The van der Waals surface area contributed by atoms with E-state index in [1.54, 1.807) is 30.6 Å². The second kappa shape index (κ2) is 13.6. The minimum atomic E-state index is -1.15. The number of morpholine rings is 1. The lowest BCUT2D eigenvalue weighted by atomic mass is 9.92. The first-order chi connectivity index (χ1) is 18.5. The van der Waals surface area contributed by atoms with Gasteiger partial charge in [0.05, 0.1) is 19.8 Å². The molecule has 0 saturated carbocycles. The Morgan fingerprint density at radius 3 is 2.47 bits per heavy atom. The molecule has 0 unspecified atom stereocenters. The maximum absolute atomic E-state index is 13.3. The molecule has 1 aromatic carbocycles. The normalized spacial score (nSPS) is 15.5. The van der Waals surface area contributed by atoms with Crippen LogP contribution in [0.25, 0.3) is 0 Å². The number of ether oxygens (including phenoxy) is 1. The van der Waals surface area contributed by atoms with E-state index >= 15 is 0 Å². The van der Waals surface area contributed by atoms with Gasteiger partial charge in [0, 0.05) is 50.3 Å². The van der Waals surface area contributed by atoms with Gasteiger partial charge in [-0.15, -0.1) is 0 Å². The van der Waals surface area contributed by atoms with Gasteiger partial charge in [0.2, 0.25) is 5.91 Å². The van der Waals surface area contributed by atoms with E-state index in [9.17, 15) is 19.5 Å². The highest BCUT2D eigenvalue weighted by Gasteiger charge is 2.28. The summed E-state index contributed by atoms with van der Waals surface area (Å²) in [5.74, 6) is -2.11. The maximum Gasteiger partial charge on any atom is 0.326 e.